The molecule has 0 saturated heterocycles. The predicted octanol–water partition coefficient (Wildman–Crippen LogP) is 2.45. The van der Waals surface area contributed by atoms with Gasteiger partial charge in [-0.05, 0) is 30.7 Å². The molecule has 23 heavy (non-hydrogen) atoms. The number of anilines is 1. The van der Waals surface area contributed by atoms with Crippen molar-refractivity contribution in [3.63, 3.8) is 0 Å². The first-order valence-corrected chi connectivity index (χ1v) is 8.59. The van der Waals surface area contributed by atoms with Gasteiger partial charge in [0.15, 0.2) is 5.76 Å². The van der Waals surface area contributed by atoms with E-state index in [1.54, 1.807) is 37.3 Å². The van der Waals surface area contributed by atoms with Crippen molar-refractivity contribution in [2.75, 3.05) is 11.9 Å². The van der Waals surface area contributed by atoms with E-state index in [4.69, 9.17) is 4.42 Å². The minimum atomic E-state index is -3.40. The molecule has 122 valence electrons. The lowest BCUT2D eigenvalue weighted by Crippen LogP contribution is -2.25. The third-order valence-electron chi connectivity index (χ3n) is 3.08. The number of furan rings is 1. The van der Waals surface area contributed by atoms with E-state index in [1.165, 1.54) is 12.3 Å². The molecule has 7 heteroatoms. The van der Waals surface area contributed by atoms with Gasteiger partial charge in [-0.3, -0.25) is 4.79 Å². The molecule has 2 rings (SSSR count). The summed E-state index contributed by atoms with van der Waals surface area (Å²) in [7, 11) is -3.40. The molecule has 2 N–H and O–H groups in total. The second-order valence-electron chi connectivity index (χ2n) is 4.98. The molecule has 0 fully saturated rings. The SMILES string of the molecule is C=CCNS(=O)(=O)Cc1ccc(NC(=O)c2occc2C)cc1. The highest BCUT2D eigenvalue weighted by Gasteiger charge is 2.13. The molecule has 1 heterocycles. The van der Waals surface area contributed by atoms with Gasteiger partial charge < -0.3 is 9.73 Å². The van der Waals surface area contributed by atoms with Crippen LogP contribution < -0.4 is 10.0 Å². The lowest BCUT2D eigenvalue weighted by atomic mass is 10.2. The van der Waals surface area contributed by atoms with Crippen LogP contribution in [0.15, 0.2) is 53.7 Å². The minimum Gasteiger partial charge on any atom is -0.459 e. The Morgan fingerprint density at radius 3 is 2.52 bits per heavy atom. The summed E-state index contributed by atoms with van der Waals surface area (Å²) in [6.45, 7) is 5.44. The maximum atomic E-state index is 12.0. The van der Waals surface area contributed by atoms with E-state index in [0.717, 1.165) is 5.56 Å². The van der Waals surface area contributed by atoms with Crippen molar-refractivity contribution in [1.29, 1.82) is 0 Å². The van der Waals surface area contributed by atoms with Crippen LogP contribution in [-0.2, 0) is 15.8 Å². The second kappa shape index (κ2) is 7.26. The number of carbonyl (C=O) groups excluding carboxylic acids is 1. The molecule has 0 aliphatic heterocycles. The zero-order valence-electron chi connectivity index (χ0n) is 12.7. The molecule has 0 bridgehead atoms. The van der Waals surface area contributed by atoms with Crippen LogP contribution in [-0.4, -0.2) is 20.9 Å². The van der Waals surface area contributed by atoms with Gasteiger partial charge in [-0.25, -0.2) is 13.1 Å². The Labute approximate surface area is 135 Å². The molecule has 0 saturated carbocycles. The third kappa shape index (κ3) is 4.80. The van der Waals surface area contributed by atoms with Crippen molar-refractivity contribution in [3.8, 4) is 0 Å². The van der Waals surface area contributed by atoms with Crippen molar-refractivity contribution < 1.29 is 17.6 Å². The zero-order valence-corrected chi connectivity index (χ0v) is 13.5. The van der Waals surface area contributed by atoms with E-state index in [0.29, 0.717) is 11.3 Å². The highest BCUT2D eigenvalue weighted by atomic mass is 32.2. The highest BCUT2D eigenvalue weighted by Crippen LogP contribution is 2.15. The summed E-state index contributed by atoms with van der Waals surface area (Å²) >= 11 is 0. The first-order valence-electron chi connectivity index (χ1n) is 6.94. The molecule has 0 spiro atoms. The molecule has 0 radical (unpaired) electrons. The minimum absolute atomic E-state index is 0.133. The molecular weight excluding hydrogens is 316 g/mol. The summed E-state index contributed by atoms with van der Waals surface area (Å²) < 4.78 is 31.1. The van der Waals surface area contributed by atoms with Crippen molar-refractivity contribution in [1.82, 2.24) is 4.72 Å². The molecule has 2 aromatic rings. The van der Waals surface area contributed by atoms with Gasteiger partial charge in [-0.1, -0.05) is 18.2 Å². The lowest BCUT2D eigenvalue weighted by Gasteiger charge is -2.07. The number of rotatable bonds is 7. The average Bonchev–Trinajstić information content (AvgIpc) is 2.93. The Kier molecular flexibility index (Phi) is 5.36. The van der Waals surface area contributed by atoms with E-state index >= 15 is 0 Å². The van der Waals surface area contributed by atoms with Gasteiger partial charge in [0.1, 0.15) is 0 Å². The quantitative estimate of drug-likeness (QED) is 0.761. The molecule has 1 aromatic carbocycles. The van der Waals surface area contributed by atoms with Crippen LogP contribution in [0.25, 0.3) is 0 Å². The first-order chi connectivity index (χ1) is 10.9. The number of benzene rings is 1. The van der Waals surface area contributed by atoms with Gasteiger partial charge >= 0.3 is 0 Å². The largest absolute Gasteiger partial charge is 0.459 e. The summed E-state index contributed by atoms with van der Waals surface area (Å²) in [6.07, 6.45) is 2.93. The van der Waals surface area contributed by atoms with Crippen LogP contribution in [0.3, 0.4) is 0 Å². The molecule has 1 aromatic heterocycles. The Hall–Kier alpha value is -2.38. The first kappa shape index (κ1) is 17.0. The zero-order chi connectivity index (χ0) is 16.9. The molecule has 0 unspecified atom stereocenters. The monoisotopic (exact) mass is 334 g/mol. The number of nitrogens with one attached hydrogen (secondary N) is 2. The van der Waals surface area contributed by atoms with E-state index in [2.05, 4.69) is 16.6 Å². The highest BCUT2D eigenvalue weighted by molar-refractivity contribution is 7.88. The van der Waals surface area contributed by atoms with Crippen molar-refractivity contribution >= 4 is 21.6 Å². The Bertz CT molecular complexity index is 792. The van der Waals surface area contributed by atoms with Gasteiger partial charge in [0.25, 0.3) is 5.91 Å². The fraction of sp³-hybridized carbons (Fsp3) is 0.188. The van der Waals surface area contributed by atoms with Crippen LogP contribution in [0.2, 0.25) is 0 Å². The number of carbonyl (C=O) groups is 1. The van der Waals surface area contributed by atoms with Crippen molar-refractivity contribution in [3.05, 3.63) is 66.1 Å². The van der Waals surface area contributed by atoms with E-state index in [-0.39, 0.29) is 24.0 Å². The van der Waals surface area contributed by atoms with E-state index < -0.39 is 10.0 Å². The maximum absolute atomic E-state index is 12.0. The van der Waals surface area contributed by atoms with Crippen LogP contribution in [0, 0.1) is 6.92 Å². The van der Waals surface area contributed by atoms with E-state index in [9.17, 15) is 13.2 Å². The summed E-state index contributed by atoms with van der Waals surface area (Å²) in [5.41, 5.74) is 1.93. The summed E-state index contributed by atoms with van der Waals surface area (Å²) in [6, 6.07) is 8.30. The Morgan fingerprint density at radius 2 is 1.96 bits per heavy atom. The molecular formula is C16H18N2O4S. The third-order valence-corrected chi connectivity index (χ3v) is 4.40. The predicted molar refractivity (Wildman–Crippen MR) is 88.7 cm³/mol. The fourth-order valence-electron chi connectivity index (χ4n) is 1.93. The number of aryl methyl sites for hydroxylation is 1. The number of hydrogen-bond donors (Lipinski definition) is 2. The van der Waals surface area contributed by atoms with Crippen LogP contribution in [0.5, 0.6) is 0 Å². The topological polar surface area (TPSA) is 88.4 Å². The van der Waals surface area contributed by atoms with Gasteiger partial charge in [-0.15, -0.1) is 6.58 Å². The normalized spacial score (nSPS) is 11.2. The van der Waals surface area contributed by atoms with Gasteiger partial charge in [0.2, 0.25) is 10.0 Å². The van der Waals surface area contributed by atoms with Gasteiger partial charge in [-0.2, -0.15) is 0 Å². The molecule has 0 aliphatic rings. The summed E-state index contributed by atoms with van der Waals surface area (Å²) in [4.78, 5) is 12.0. The van der Waals surface area contributed by atoms with E-state index in [1.807, 2.05) is 0 Å². The fourth-order valence-corrected chi connectivity index (χ4v) is 3.04. The Balaban J connectivity index is 2.01. The van der Waals surface area contributed by atoms with Crippen LogP contribution >= 0.6 is 0 Å². The van der Waals surface area contributed by atoms with Crippen molar-refractivity contribution in [2.45, 2.75) is 12.7 Å². The summed E-state index contributed by atoms with van der Waals surface area (Å²) in [5, 5.41) is 2.70. The molecule has 1 amide bonds. The molecule has 0 atom stereocenters. The smallest absolute Gasteiger partial charge is 0.291 e. The summed E-state index contributed by atoms with van der Waals surface area (Å²) in [5.74, 6) is -0.224. The second-order valence-corrected chi connectivity index (χ2v) is 6.79. The molecule has 6 nitrogen and oxygen atoms in total. The average molecular weight is 334 g/mol. The van der Waals surface area contributed by atoms with Crippen LogP contribution in [0.4, 0.5) is 5.69 Å². The Morgan fingerprint density at radius 1 is 1.26 bits per heavy atom. The van der Waals surface area contributed by atoms with Gasteiger partial charge in [0.05, 0.1) is 12.0 Å². The number of sulfonamides is 1. The lowest BCUT2D eigenvalue weighted by molar-refractivity contribution is 0.0996. The number of amides is 1. The standard InChI is InChI=1S/C16H18N2O4S/c1-3-9-17-23(20,21)11-13-4-6-14(7-5-13)18-16(19)15-12(2)8-10-22-15/h3-8,10,17H,1,9,11H2,2H3,(H,18,19). The van der Waals surface area contributed by atoms with Crippen LogP contribution in [0.1, 0.15) is 21.7 Å². The molecule has 0 aliphatic carbocycles. The number of hydrogen-bond acceptors (Lipinski definition) is 4. The maximum Gasteiger partial charge on any atom is 0.291 e. The van der Waals surface area contributed by atoms with Crippen molar-refractivity contribution in [2.24, 2.45) is 0 Å². The van der Waals surface area contributed by atoms with Gasteiger partial charge in [0, 0.05) is 17.8 Å².